The highest BCUT2D eigenvalue weighted by Crippen LogP contribution is 2.09. The van der Waals surface area contributed by atoms with Gasteiger partial charge in [-0.25, -0.2) is 4.79 Å². The number of pyridine rings is 1. The number of guanidine groups is 1. The van der Waals surface area contributed by atoms with E-state index in [-0.39, 0.29) is 36.4 Å². The van der Waals surface area contributed by atoms with Crippen LogP contribution in [0.2, 0.25) is 0 Å². The predicted octanol–water partition coefficient (Wildman–Crippen LogP) is 2.17. The molecule has 0 aromatic carbocycles. The Bertz CT molecular complexity index is 720. The molecule has 1 aromatic rings. The molecule has 10 heteroatoms. The molecule has 0 aliphatic carbocycles. The second-order valence-electron chi connectivity index (χ2n) is 8.68. The van der Waals surface area contributed by atoms with Crippen molar-refractivity contribution in [1.29, 1.82) is 0 Å². The number of hydrogen-bond donors (Lipinski definition) is 3. The number of carbonyl (C=O) groups excluding carboxylic acids is 2. The van der Waals surface area contributed by atoms with Crippen molar-refractivity contribution >= 4 is 41.9 Å². The normalized spacial score (nSPS) is 11.8. The largest absolute Gasteiger partial charge is 0.444 e. The van der Waals surface area contributed by atoms with Gasteiger partial charge < -0.3 is 25.6 Å². The SMILES string of the molecule is CN=C(NCC(=O)N(C)CCc1ccccn1)NCC(C)(C)NC(=O)OC(C)(C)C.I. The molecular formula is C21H37IN6O3. The first-order valence-electron chi connectivity index (χ1n) is 10.0. The standard InChI is InChI=1S/C21H36N6O3.HI/c1-20(2,3)30-19(29)26-21(4,5)15-25-18(22-6)24-14-17(28)27(7)13-11-16-10-8-9-12-23-16;/h8-10,12H,11,13-15H2,1-7H3,(H,26,29)(H2,22,24,25);1H. The fraction of sp³-hybridized carbons (Fsp3) is 0.619. The van der Waals surface area contributed by atoms with Crippen LogP contribution in [0.15, 0.2) is 29.4 Å². The first-order chi connectivity index (χ1) is 13.9. The molecule has 1 heterocycles. The topological polar surface area (TPSA) is 108 Å². The molecule has 0 radical (unpaired) electrons. The summed E-state index contributed by atoms with van der Waals surface area (Å²) in [6.45, 7) is 10.3. The van der Waals surface area contributed by atoms with Crippen LogP contribution >= 0.6 is 24.0 Å². The van der Waals surface area contributed by atoms with E-state index in [9.17, 15) is 9.59 Å². The number of halogens is 1. The molecule has 1 rings (SSSR count). The zero-order valence-electron chi connectivity index (χ0n) is 19.6. The van der Waals surface area contributed by atoms with E-state index >= 15 is 0 Å². The summed E-state index contributed by atoms with van der Waals surface area (Å²) in [7, 11) is 3.38. The van der Waals surface area contributed by atoms with Gasteiger partial charge >= 0.3 is 6.09 Å². The predicted molar refractivity (Wildman–Crippen MR) is 134 cm³/mol. The highest BCUT2D eigenvalue weighted by atomic mass is 127. The minimum absolute atomic E-state index is 0. The molecule has 0 fully saturated rings. The van der Waals surface area contributed by atoms with Gasteiger partial charge in [-0.2, -0.15) is 0 Å². The molecule has 0 aliphatic rings. The van der Waals surface area contributed by atoms with E-state index in [0.29, 0.717) is 25.5 Å². The summed E-state index contributed by atoms with van der Waals surface area (Å²) in [6, 6.07) is 5.74. The van der Waals surface area contributed by atoms with Crippen molar-refractivity contribution in [2.45, 2.75) is 52.2 Å². The summed E-state index contributed by atoms with van der Waals surface area (Å²) >= 11 is 0. The third-order valence-corrected chi connectivity index (χ3v) is 4.02. The lowest BCUT2D eigenvalue weighted by Crippen LogP contribution is -2.54. The van der Waals surface area contributed by atoms with Gasteiger partial charge in [0.1, 0.15) is 5.60 Å². The van der Waals surface area contributed by atoms with E-state index in [1.54, 1.807) is 25.2 Å². The molecular weight excluding hydrogens is 511 g/mol. The summed E-state index contributed by atoms with van der Waals surface area (Å²) in [5, 5.41) is 8.94. The number of rotatable bonds is 8. The molecule has 0 aliphatic heterocycles. The first-order valence-corrected chi connectivity index (χ1v) is 10.0. The molecule has 176 valence electrons. The van der Waals surface area contributed by atoms with Gasteiger partial charge in [-0.1, -0.05) is 6.07 Å². The van der Waals surface area contributed by atoms with Crippen LogP contribution in [-0.4, -0.2) is 72.7 Å². The molecule has 2 amide bonds. The Morgan fingerprint density at radius 2 is 1.84 bits per heavy atom. The zero-order chi connectivity index (χ0) is 22.8. The monoisotopic (exact) mass is 548 g/mol. The quantitative estimate of drug-likeness (QED) is 0.261. The van der Waals surface area contributed by atoms with Crippen molar-refractivity contribution < 1.29 is 14.3 Å². The summed E-state index contributed by atoms with van der Waals surface area (Å²) in [5.74, 6) is 0.417. The van der Waals surface area contributed by atoms with Crippen molar-refractivity contribution in [3.63, 3.8) is 0 Å². The Morgan fingerprint density at radius 1 is 1.16 bits per heavy atom. The van der Waals surface area contributed by atoms with Gasteiger partial charge in [0, 0.05) is 45.5 Å². The van der Waals surface area contributed by atoms with Crippen LogP contribution in [0, 0.1) is 0 Å². The Balaban J connectivity index is 0.00000900. The van der Waals surface area contributed by atoms with Gasteiger partial charge in [-0.05, 0) is 46.8 Å². The zero-order valence-corrected chi connectivity index (χ0v) is 21.9. The molecule has 0 atom stereocenters. The number of nitrogens with one attached hydrogen (secondary N) is 3. The Morgan fingerprint density at radius 3 is 2.39 bits per heavy atom. The second-order valence-corrected chi connectivity index (χ2v) is 8.68. The van der Waals surface area contributed by atoms with Crippen molar-refractivity contribution in [2.24, 2.45) is 4.99 Å². The maximum Gasteiger partial charge on any atom is 0.408 e. The van der Waals surface area contributed by atoms with Crippen LogP contribution in [0.1, 0.15) is 40.3 Å². The number of likely N-dealkylation sites (N-methyl/N-ethyl adjacent to an activating group) is 1. The van der Waals surface area contributed by atoms with Crippen LogP contribution in [0.5, 0.6) is 0 Å². The maximum absolute atomic E-state index is 12.4. The van der Waals surface area contributed by atoms with Gasteiger partial charge in [0.05, 0.1) is 12.1 Å². The second kappa shape index (κ2) is 13.3. The number of aliphatic imine (C=N–C) groups is 1. The summed E-state index contributed by atoms with van der Waals surface area (Å²) in [5.41, 5.74) is -0.195. The molecule has 0 unspecified atom stereocenters. The number of alkyl carbamates (subject to hydrolysis) is 1. The maximum atomic E-state index is 12.4. The number of amides is 2. The van der Waals surface area contributed by atoms with E-state index in [4.69, 9.17) is 4.74 Å². The van der Waals surface area contributed by atoms with Crippen LogP contribution in [0.25, 0.3) is 0 Å². The van der Waals surface area contributed by atoms with Crippen molar-refractivity contribution in [3.8, 4) is 0 Å². The molecule has 31 heavy (non-hydrogen) atoms. The first kappa shape index (κ1) is 28.9. The number of hydrogen-bond acceptors (Lipinski definition) is 5. The summed E-state index contributed by atoms with van der Waals surface area (Å²) in [6.07, 6.45) is 1.95. The minimum atomic E-state index is -0.580. The number of ether oxygens (including phenoxy) is 1. The fourth-order valence-corrected chi connectivity index (χ4v) is 2.40. The third kappa shape index (κ3) is 13.0. The van der Waals surface area contributed by atoms with Gasteiger partial charge in [0.15, 0.2) is 5.96 Å². The van der Waals surface area contributed by atoms with Crippen molar-refractivity contribution in [3.05, 3.63) is 30.1 Å². The van der Waals surface area contributed by atoms with Gasteiger partial charge in [0.25, 0.3) is 0 Å². The van der Waals surface area contributed by atoms with Crippen LogP contribution in [0.4, 0.5) is 4.79 Å². The molecule has 9 nitrogen and oxygen atoms in total. The summed E-state index contributed by atoms with van der Waals surface area (Å²) < 4.78 is 5.29. The molecule has 0 saturated heterocycles. The fourth-order valence-electron chi connectivity index (χ4n) is 2.40. The average Bonchev–Trinajstić information content (AvgIpc) is 2.64. The lowest BCUT2D eigenvalue weighted by molar-refractivity contribution is -0.128. The number of carbonyl (C=O) groups is 2. The molecule has 0 bridgehead atoms. The van der Waals surface area contributed by atoms with Crippen LogP contribution in [-0.2, 0) is 16.0 Å². The molecule has 0 spiro atoms. The van der Waals surface area contributed by atoms with Crippen LogP contribution in [0.3, 0.4) is 0 Å². The third-order valence-electron chi connectivity index (χ3n) is 4.02. The highest BCUT2D eigenvalue weighted by molar-refractivity contribution is 14.0. The number of aromatic nitrogens is 1. The van der Waals surface area contributed by atoms with E-state index in [1.165, 1.54) is 0 Å². The smallest absolute Gasteiger partial charge is 0.408 e. The van der Waals surface area contributed by atoms with Gasteiger partial charge in [0.2, 0.25) is 5.91 Å². The molecule has 0 saturated carbocycles. The lowest BCUT2D eigenvalue weighted by atomic mass is 10.1. The van der Waals surface area contributed by atoms with Crippen molar-refractivity contribution in [2.75, 3.05) is 33.7 Å². The van der Waals surface area contributed by atoms with Crippen molar-refractivity contribution in [1.82, 2.24) is 25.8 Å². The van der Waals surface area contributed by atoms with E-state index in [0.717, 1.165) is 5.69 Å². The molecule has 1 aromatic heterocycles. The highest BCUT2D eigenvalue weighted by Gasteiger charge is 2.24. The van der Waals surface area contributed by atoms with Gasteiger partial charge in [-0.15, -0.1) is 24.0 Å². The lowest BCUT2D eigenvalue weighted by Gasteiger charge is -2.29. The Hall–Kier alpha value is -2.11. The molecule has 3 N–H and O–H groups in total. The Kier molecular flexibility index (Phi) is 12.4. The number of nitrogens with zero attached hydrogens (tertiary/aromatic N) is 3. The summed E-state index contributed by atoms with van der Waals surface area (Å²) in [4.78, 5) is 34.4. The van der Waals surface area contributed by atoms with Crippen LogP contribution < -0.4 is 16.0 Å². The average molecular weight is 548 g/mol. The Labute approximate surface area is 202 Å². The van der Waals surface area contributed by atoms with E-state index in [2.05, 4.69) is 25.9 Å². The van der Waals surface area contributed by atoms with Gasteiger partial charge in [-0.3, -0.25) is 14.8 Å². The minimum Gasteiger partial charge on any atom is -0.444 e. The van der Waals surface area contributed by atoms with E-state index in [1.807, 2.05) is 52.8 Å². The van der Waals surface area contributed by atoms with E-state index < -0.39 is 17.2 Å².